The number of thioether (sulfide) groups is 1. The summed E-state index contributed by atoms with van der Waals surface area (Å²) in [5.41, 5.74) is 7.02. The van der Waals surface area contributed by atoms with Gasteiger partial charge in [-0.15, -0.1) is 11.8 Å². The summed E-state index contributed by atoms with van der Waals surface area (Å²) in [7, 11) is 0. The lowest BCUT2D eigenvalue weighted by Crippen LogP contribution is -2.20. The molecule has 1 aromatic heterocycles. The molecule has 1 aliphatic rings. The van der Waals surface area contributed by atoms with Gasteiger partial charge in [0.25, 0.3) is 0 Å². The molecule has 3 rings (SSSR count). The predicted octanol–water partition coefficient (Wildman–Crippen LogP) is 2.66. The van der Waals surface area contributed by atoms with Gasteiger partial charge in [0, 0.05) is 11.4 Å². The highest BCUT2D eigenvalue weighted by molar-refractivity contribution is 7.98. The number of aryl methyl sites for hydroxylation is 1. The lowest BCUT2D eigenvalue weighted by Gasteiger charge is -2.04. The Hall–Kier alpha value is -1.33. The molecule has 1 aliphatic carbocycles. The molecule has 0 spiro atoms. The van der Waals surface area contributed by atoms with Crippen molar-refractivity contribution in [2.75, 3.05) is 6.54 Å². The van der Waals surface area contributed by atoms with Crippen LogP contribution in [0.2, 0.25) is 0 Å². The topological polar surface area (TPSA) is 64.9 Å². The molecule has 1 aromatic carbocycles. The van der Waals surface area contributed by atoms with E-state index in [1.165, 1.54) is 10.5 Å². The minimum absolute atomic E-state index is 0.0153. The lowest BCUT2D eigenvalue weighted by molar-refractivity contribution is 0.344. The van der Waals surface area contributed by atoms with Crippen molar-refractivity contribution >= 4 is 11.8 Å². The van der Waals surface area contributed by atoms with Crippen LogP contribution in [0.3, 0.4) is 0 Å². The Bertz CT molecular complexity index is 578. The van der Waals surface area contributed by atoms with Crippen LogP contribution in [0.5, 0.6) is 0 Å². The van der Waals surface area contributed by atoms with E-state index in [-0.39, 0.29) is 5.41 Å². The fourth-order valence-corrected chi connectivity index (χ4v) is 2.92. The molecule has 19 heavy (non-hydrogen) atoms. The summed E-state index contributed by atoms with van der Waals surface area (Å²) in [6, 6.07) is 8.31. The number of nitrogens with two attached hydrogens (primary N) is 1. The maximum Gasteiger partial charge on any atom is 0.234 e. The van der Waals surface area contributed by atoms with Gasteiger partial charge in [0.1, 0.15) is 0 Å². The highest BCUT2D eigenvalue weighted by atomic mass is 32.2. The molecule has 2 aromatic rings. The van der Waals surface area contributed by atoms with E-state index in [0.717, 1.165) is 30.3 Å². The summed E-state index contributed by atoms with van der Waals surface area (Å²) in [6.45, 7) is 2.71. The number of benzene rings is 1. The Kier molecular flexibility index (Phi) is 3.33. The summed E-state index contributed by atoms with van der Waals surface area (Å²) in [5, 5.41) is 4.05. The zero-order valence-corrected chi connectivity index (χ0v) is 11.7. The van der Waals surface area contributed by atoms with Crippen molar-refractivity contribution in [2.45, 2.75) is 35.8 Å². The van der Waals surface area contributed by atoms with Crippen LogP contribution in [0.25, 0.3) is 0 Å². The maximum atomic E-state index is 5.76. The van der Waals surface area contributed by atoms with Crippen molar-refractivity contribution in [3.05, 3.63) is 41.5 Å². The first-order chi connectivity index (χ1) is 9.23. The van der Waals surface area contributed by atoms with Gasteiger partial charge in [-0.2, -0.15) is 4.98 Å². The maximum absolute atomic E-state index is 5.76. The molecule has 4 nitrogen and oxygen atoms in total. The zero-order chi connectivity index (χ0) is 13.3. The van der Waals surface area contributed by atoms with Crippen LogP contribution in [0.15, 0.2) is 33.7 Å². The molecular weight excluding hydrogens is 258 g/mol. The van der Waals surface area contributed by atoms with Gasteiger partial charge in [0.15, 0.2) is 5.82 Å². The molecule has 0 amide bonds. The monoisotopic (exact) mass is 275 g/mol. The van der Waals surface area contributed by atoms with Crippen molar-refractivity contribution in [3.63, 3.8) is 0 Å². The Morgan fingerprint density at radius 2 is 2.16 bits per heavy atom. The van der Waals surface area contributed by atoms with Gasteiger partial charge in [0.05, 0.1) is 11.2 Å². The van der Waals surface area contributed by atoms with Gasteiger partial charge in [-0.3, -0.25) is 0 Å². The highest BCUT2D eigenvalue weighted by Gasteiger charge is 2.48. The van der Waals surface area contributed by atoms with Crippen molar-refractivity contribution in [1.82, 2.24) is 10.1 Å². The number of hydrogen-bond donors (Lipinski definition) is 1. The summed E-state index contributed by atoms with van der Waals surface area (Å²) in [5.74, 6) is 2.20. The quantitative estimate of drug-likeness (QED) is 0.850. The lowest BCUT2D eigenvalue weighted by atomic mass is 10.1. The van der Waals surface area contributed by atoms with Gasteiger partial charge < -0.3 is 10.3 Å². The first-order valence-corrected chi connectivity index (χ1v) is 7.44. The molecule has 0 saturated heterocycles. The fraction of sp³-hybridized carbons (Fsp3) is 0.429. The molecule has 2 N–H and O–H groups in total. The van der Waals surface area contributed by atoms with Gasteiger partial charge in [0.2, 0.25) is 5.89 Å². The predicted molar refractivity (Wildman–Crippen MR) is 75.0 cm³/mol. The number of aromatic nitrogens is 2. The van der Waals surface area contributed by atoms with Crippen LogP contribution >= 0.6 is 11.8 Å². The molecule has 0 atom stereocenters. The molecule has 0 bridgehead atoms. The van der Waals surface area contributed by atoms with Gasteiger partial charge in [-0.1, -0.05) is 23.4 Å². The third-order valence-corrected chi connectivity index (χ3v) is 4.79. The van der Waals surface area contributed by atoms with E-state index in [2.05, 4.69) is 29.2 Å². The Balaban J connectivity index is 1.67. The van der Waals surface area contributed by atoms with Crippen molar-refractivity contribution in [2.24, 2.45) is 5.73 Å². The van der Waals surface area contributed by atoms with Crippen LogP contribution in [-0.4, -0.2) is 16.7 Å². The molecule has 0 radical (unpaired) electrons. The molecule has 5 heteroatoms. The molecule has 100 valence electrons. The van der Waals surface area contributed by atoms with Crippen LogP contribution in [0.1, 0.15) is 30.1 Å². The average molecular weight is 275 g/mol. The Morgan fingerprint density at radius 3 is 2.84 bits per heavy atom. The van der Waals surface area contributed by atoms with Gasteiger partial charge in [-0.05, 0) is 31.4 Å². The van der Waals surface area contributed by atoms with Gasteiger partial charge in [-0.25, -0.2) is 0 Å². The molecule has 0 unspecified atom stereocenters. The van der Waals surface area contributed by atoms with E-state index in [1.807, 2.05) is 12.1 Å². The number of nitrogens with zero attached hydrogens (tertiary/aromatic N) is 2. The van der Waals surface area contributed by atoms with E-state index in [1.54, 1.807) is 11.8 Å². The molecule has 0 aliphatic heterocycles. The molecule has 1 saturated carbocycles. The van der Waals surface area contributed by atoms with Crippen LogP contribution in [0, 0.1) is 6.92 Å². The second-order valence-electron chi connectivity index (χ2n) is 5.05. The molecule has 1 heterocycles. The standard InChI is InChI=1S/C14H17N3OS/c1-10-4-2-3-5-11(10)19-8-12-16-13(18-17-12)14(9-15)6-7-14/h2-5H,6-9,15H2,1H3. The second-order valence-corrected chi connectivity index (χ2v) is 6.07. The van der Waals surface area contributed by atoms with E-state index in [0.29, 0.717) is 6.54 Å². The molecular formula is C14H17N3OS. The second kappa shape index (κ2) is 4.98. The summed E-state index contributed by atoms with van der Waals surface area (Å²) >= 11 is 1.74. The first kappa shape index (κ1) is 12.7. The first-order valence-electron chi connectivity index (χ1n) is 6.45. The van der Waals surface area contributed by atoms with Crippen LogP contribution in [-0.2, 0) is 11.2 Å². The summed E-state index contributed by atoms with van der Waals surface area (Å²) < 4.78 is 5.35. The molecule has 1 fully saturated rings. The van der Waals surface area contributed by atoms with E-state index < -0.39 is 0 Å². The summed E-state index contributed by atoms with van der Waals surface area (Å²) in [4.78, 5) is 5.74. The third-order valence-electron chi connectivity index (χ3n) is 3.62. The normalized spacial score (nSPS) is 16.5. The summed E-state index contributed by atoms with van der Waals surface area (Å²) in [6.07, 6.45) is 2.13. The van der Waals surface area contributed by atoms with E-state index in [4.69, 9.17) is 10.3 Å². The largest absolute Gasteiger partial charge is 0.339 e. The fourth-order valence-electron chi connectivity index (χ4n) is 2.04. The van der Waals surface area contributed by atoms with Crippen molar-refractivity contribution in [1.29, 1.82) is 0 Å². The minimum atomic E-state index is -0.0153. The van der Waals surface area contributed by atoms with Crippen LogP contribution < -0.4 is 5.73 Å². The smallest absolute Gasteiger partial charge is 0.234 e. The van der Waals surface area contributed by atoms with Gasteiger partial charge >= 0.3 is 0 Å². The third kappa shape index (κ3) is 2.53. The average Bonchev–Trinajstić information content (AvgIpc) is 3.09. The van der Waals surface area contributed by atoms with E-state index in [9.17, 15) is 0 Å². The highest BCUT2D eigenvalue weighted by Crippen LogP contribution is 2.46. The number of hydrogen-bond acceptors (Lipinski definition) is 5. The Labute approximate surface area is 116 Å². The van der Waals surface area contributed by atoms with Crippen molar-refractivity contribution in [3.8, 4) is 0 Å². The van der Waals surface area contributed by atoms with E-state index >= 15 is 0 Å². The zero-order valence-electron chi connectivity index (χ0n) is 10.9. The number of rotatable bonds is 5. The van der Waals surface area contributed by atoms with Crippen molar-refractivity contribution < 1.29 is 4.52 Å². The van der Waals surface area contributed by atoms with Crippen LogP contribution in [0.4, 0.5) is 0 Å². The SMILES string of the molecule is Cc1ccccc1SCc1noc(C2(CN)CC2)n1. The minimum Gasteiger partial charge on any atom is -0.339 e. The Morgan fingerprint density at radius 1 is 1.37 bits per heavy atom.